The lowest BCUT2D eigenvalue weighted by atomic mass is 9.89. The second-order valence-electron chi connectivity index (χ2n) is 4.88. The fourth-order valence-electron chi connectivity index (χ4n) is 2.21. The molecule has 0 aliphatic heterocycles. The summed E-state index contributed by atoms with van der Waals surface area (Å²) >= 11 is 0. The van der Waals surface area contributed by atoms with E-state index in [0.29, 0.717) is 12.0 Å². The highest BCUT2D eigenvalue weighted by molar-refractivity contribution is 5.18. The maximum Gasteiger partial charge on any atom is 0.0570 e. The summed E-state index contributed by atoms with van der Waals surface area (Å²) in [5.74, 6) is 0.610. The molecule has 0 radical (unpaired) electrons. The van der Waals surface area contributed by atoms with Gasteiger partial charge in [-0.15, -0.1) is 0 Å². The van der Waals surface area contributed by atoms with Crippen LogP contribution in [-0.4, -0.2) is 23.8 Å². The van der Waals surface area contributed by atoms with Crippen LogP contribution in [0.4, 0.5) is 0 Å². The Morgan fingerprint density at radius 2 is 2.00 bits per heavy atom. The van der Waals surface area contributed by atoms with E-state index in [1.807, 2.05) is 0 Å². The third-order valence-corrected chi connectivity index (χ3v) is 3.49. The second-order valence-corrected chi connectivity index (χ2v) is 4.88. The Labute approximate surface area is 97.7 Å². The van der Waals surface area contributed by atoms with Crippen LogP contribution in [-0.2, 0) is 0 Å². The van der Waals surface area contributed by atoms with Gasteiger partial charge in [-0.2, -0.15) is 0 Å². The molecule has 88 valence electrons. The molecule has 1 aliphatic carbocycles. The average molecular weight is 219 g/mol. The van der Waals surface area contributed by atoms with Crippen molar-refractivity contribution >= 4 is 0 Å². The van der Waals surface area contributed by atoms with Gasteiger partial charge in [0, 0.05) is 6.04 Å². The number of hydrogen-bond donors (Lipinski definition) is 2. The van der Waals surface area contributed by atoms with Crippen molar-refractivity contribution in [1.82, 2.24) is 5.32 Å². The van der Waals surface area contributed by atoms with Gasteiger partial charge in [-0.3, -0.25) is 0 Å². The summed E-state index contributed by atoms with van der Waals surface area (Å²) in [6, 6.07) is 11.2. The third kappa shape index (κ3) is 3.06. The summed E-state index contributed by atoms with van der Waals surface area (Å²) in [5, 5.41) is 12.7. The van der Waals surface area contributed by atoms with Gasteiger partial charge < -0.3 is 10.4 Å². The highest BCUT2D eigenvalue weighted by atomic mass is 16.3. The molecule has 0 bridgehead atoms. The number of benzene rings is 1. The molecule has 2 rings (SSSR count). The van der Waals surface area contributed by atoms with Gasteiger partial charge in [0.25, 0.3) is 0 Å². The summed E-state index contributed by atoms with van der Waals surface area (Å²) < 4.78 is 0. The zero-order valence-corrected chi connectivity index (χ0v) is 9.89. The lowest BCUT2D eigenvalue weighted by Crippen LogP contribution is -2.44. The molecule has 0 aromatic heterocycles. The Bertz CT molecular complexity index is 306. The van der Waals surface area contributed by atoms with Crippen LogP contribution < -0.4 is 5.32 Å². The van der Waals surface area contributed by atoms with Gasteiger partial charge in [0.1, 0.15) is 0 Å². The van der Waals surface area contributed by atoms with Crippen LogP contribution in [0, 0.1) is 0 Å². The fraction of sp³-hybridized carbons (Fsp3) is 0.571. The van der Waals surface area contributed by atoms with Gasteiger partial charge in [0.2, 0.25) is 0 Å². The minimum atomic E-state index is -0.0518. The van der Waals surface area contributed by atoms with Crippen molar-refractivity contribution in [1.29, 1.82) is 0 Å². The Balaban J connectivity index is 1.66. The van der Waals surface area contributed by atoms with Crippen LogP contribution in [0.3, 0.4) is 0 Å². The van der Waals surface area contributed by atoms with Gasteiger partial charge in [-0.25, -0.2) is 0 Å². The Hall–Kier alpha value is -0.860. The fourth-order valence-corrected chi connectivity index (χ4v) is 2.21. The van der Waals surface area contributed by atoms with Crippen molar-refractivity contribution in [2.45, 2.75) is 44.2 Å². The second kappa shape index (κ2) is 5.46. The first-order valence-corrected chi connectivity index (χ1v) is 6.22. The van der Waals surface area contributed by atoms with Gasteiger partial charge in [0.05, 0.1) is 6.10 Å². The van der Waals surface area contributed by atoms with Crippen molar-refractivity contribution in [2.24, 2.45) is 0 Å². The Kier molecular flexibility index (Phi) is 3.97. The first-order valence-electron chi connectivity index (χ1n) is 6.22. The van der Waals surface area contributed by atoms with E-state index in [2.05, 4.69) is 42.6 Å². The Morgan fingerprint density at radius 1 is 1.31 bits per heavy atom. The number of rotatable bonds is 5. The predicted molar refractivity (Wildman–Crippen MR) is 66.5 cm³/mol. The lowest BCUT2D eigenvalue weighted by Gasteiger charge is -2.32. The van der Waals surface area contributed by atoms with Crippen LogP contribution in [0.15, 0.2) is 30.3 Å². The van der Waals surface area contributed by atoms with Crippen molar-refractivity contribution in [3.05, 3.63) is 35.9 Å². The highest BCUT2D eigenvalue weighted by Gasteiger charge is 2.26. The molecule has 0 heterocycles. The van der Waals surface area contributed by atoms with Crippen LogP contribution in [0.2, 0.25) is 0 Å². The van der Waals surface area contributed by atoms with Gasteiger partial charge in [-0.1, -0.05) is 37.3 Å². The Morgan fingerprint density at radius 3 is 2.62 bits per heavy atom. The van der Waals surface area contributed by atoms with E-state index in [9.17, 15) is 0 Å². The van der Waals surface area contributed by atoms with E-state index in [1.54, 1.807) is 0 Å². The molecular weight excluding hydrogens is 198 g/mol. The number of aliphatic hydroxyl groups is 1. The maximum absolute atomic E-state index is 9.16. The SMILES string of the molecule is CC(CCNC1CC(O)C1)c1ccccc1. The normalized spacial score (nSPS) is 26.1. The monoisotopic (exact) mass is 219 g/mol. The van der Waals surface area contributed by atoms with E-state index in [1.165, 1.54) is 5.56 Å². The molecule has 0 spiro atoms. The summed E-state index contributed by atoms with van der Waals surface area (Å²) in [4.78, 5) is 0. The van der Waals surface area contributed by atoms with E-state index in [4.69, 9.17) is 5.11 Å². The van der Waals surface area contributed by atoms with E-state index < -0.39 is 0 Å². The van der Waals surface area contributed by atoms with Crippen molar-refractivity contribution in [3.8, 4) is 0 Å². The summed E-state index contributed by atoms with van der Waals surface area (Å²) in [6.07, 6.45) is 2.97. The summed E-state index contributed by atoms with van der Waals surface area (Å²) in [6.45, 7) is 3.32. The standard InChI is InChI=1S/C14H21NO/c1-11(12-5-3-2-4-6-12)7-8-15-13-9-14(16)10-13/h2-6,11,13-16H,7-10H2,1H3. The average Bonchev–Trinajstić information content (AvgIpc) is 2.27. The molecule has 0 amide bonds. The van der Waals surface area contributed by atoms with E-state index in [-0.39, 0.29) is 6.10 Å². The largest absolute Gasteiger partial charge is 0.393 e. The van der Waals surface area contributed by atoms with E-state index in [0.717, 1.165) is 25.8 Å². The molecule has 1 saturated carbocycles. The van der Waals surface area contributed by atoms with Crippen molar-refractivity contribution in [3.63, 3.8) is 0 Å². The topological polar surface area (TPSA) is 32.3 Å². The van der Waals surface area contributed by atoms with Gasteiger partial charge in [0.15, 0.2) is 0 Å². The summed E-state index contributed by atoms with van der Waals surface area (Å²) in [5.41, 5.74) is 1.41. The molecule has 1 aromatic rings. The first kappa shape index (κ1) is 11.6. The van der Waals surface area contributed by atoms with Gasteiger partial charge >= 0.3 is 0 Å². The smallest absolute Gasteiger partial charge is 0.0570 e. The highest BCUT2D eigenvalue weighted by Crippen LogP contribution is 2.21. The third-order valence-electron chi connectivity index (χ3n) is 3.49. The zero-order valence-electron chi connectivity index (χ0n) is 9.89. The van der Waals surface area contributed by atoms with Crippen LogP contribution >= 0.6 is 0 Å². The van der Waals surface area contributed by atoms with Gasteiger partial charge in [-0.05, 0) is 37.3 Å². The van der Waals surface area contributed by atoms with Crippen LogP contribution in [0.25, 0.3) is 0 Å². The minimum absolute atomic E-state index is 0.0518. The molecular formula is C14H21NO. The molecule has 1 aromatic carbocycles. The first-order chi connectivity index (χ1) is 7.75. The molecule has 2 N–H and O–H groups in total. The van der Waals surface area contributed by atoms with Crippen molar-refractivity contribution in [2.75, 3.05) is 6.54 Å². The molecule has 16 heavy (non-hydrogen) atoms. The predicted octanol–water partition coefficient (Wildman–Crippen LogP) is 2.29. The number of hydrogen-bond acceptors (Lipinski definition) is 2. The van der Waals surface area contributed by atoms with Crippen molar-refractivity contribution < 1.29 is 5.11 Å². The lowest BCUT2D eigenvalue weighted by molar-refractivity contribution is 0.0625. The van der Waals surface area contributed by atoms with Crippen LogP contribution in [0.5, 0.6) is 0 Å². The van der Waals surface area contributed by atoms with Crippen LogP contribution in [0.1, 0.15) is 37.7 Å². The van der Waals surface area contributed by atoms with E-state index >= 15 is 0 Å². The molecule has 0 saturated heterocycles. The maximum atomic E-state index is 9.16. The molecule has 1 aliphatic rings. The molecule has 1 atom stereocenters. The molecule has 1 unspecified atom stereocenters. The minimum Gasteiger partial charge on any atom is -0.393 e. The zero-order chi connectivity index (χ0) is 11.4. The number of aliphatic hydroxyl groups excluding tert-OH is 1. The molecule has 2 heteroatoms. The number of nitrogens with one attached hydrogen (secondary N) is 1. The molecule has 2 nitrogen and oxygen atoms in total. The quantitative estimate of drug-likeness (QED) is 0.796. The molecule has 1 fully saturated rings. The summed E-state index contributed by atoms with van der Waals surface area (Å²) in [7, 11) is 0.